The molecule has 3 heterocycles. The molecule has 2 aromatic carbocycles. The first-order valence-corrected chi connectivity index (χ1v) is 9.88. The van der Waals surface area contributed by atoms with Crippen molar-refractivity contribution >= 4 is 16.9 Å². The van der Waals surface area contributed by atoms with Crippen LogP contribution in [0.5, 0.6) is 0 Å². The van der Waals surface area contributed by atoms with E-state index in [2.05, 4.69) is 15.2 Å². The topological polar surface area (TPSA) is 71.1 Å². The summed E-state index contributed by atoms with van der Waals surface area (Å²) in [6, 6.07) is 13.1. The van der Waals surface area contributed by atoms with Crippen LogP contribution in [0.3, 0.4) is 0 Å². The molecule has 2 aromatic heterocycles. The van der Waals surface area contributed by atoms with Crippen LogP contribution in [0.25, 0.3) is 33.4 Å². The molecule has 0 radical (unpaired) electrons. The number of aromatic amines is 1. The number of morpholine rings is 1. The summed E-state index contributed by atoms with van der Waals surface area (Å²) in [5.74, 6) is -1.93. The van der Waals surface area contributed by atoms with Crippen molar-refractivity contribution in [2.45, 2.75) is 0 Å². The summed E-state index contributed by atoms with van der Waals surface area (Å²) in [6.45, 7) is 2.19. The van der Waals surface area contributed by atoms with Gasteiger partial charge in [0, 0.05) is 41.4 Å². The number of pyridine rings is 1. The van der Waals surface area contributed by atoms with Crippen LogP contribution in [0.1, 0.15) is 10.4 Å². The van der Waals surface area contributed by atoms with Crippen molar-refractivity contribution in [2.24, 2.45) is 0 Å². The standard InChI is InChI=1S/C23H18F2N4O2/c24-19-6-2-5-17(20(19)25)21-18-12-16(13-26-22(18)28-27-21)14-3-1-4-15(11-14)23(30)29-7-9-31-10-8-29/h1-6,11-13H,7-10H2,(H,26,27,28). The summed E-state index contributed by atoms with van der Waals surface area (Å²) in [4.78, 5) is 18.9. The van der Waals surface area contributed by atoms with E-state index in [1.54, 1.807) is 17.2 Å². The second kappa shape index (κ2) is 7.88. The lowest BCUT2D eigenvalue weighted by Crippen LogP contribution is -2.40. The number of nitrogens with zero attached hydrogens (tertiary/aromatic N) is 3. The SMILES string of the molecule is O=C(c1cccc(-c2cnc3n[nH]c(-c4cccc(F)c4F)c3c2)c1)N1CCOCC1. The monoisotopic (exact) mass is 420 g/mol. The number of halogens is 2. The van der Waals surface area contributed by atoms with Crippen LogP contribution in [0.15, 0.2) is 54.7 Å². The van der Waals surface area contributed by atoms with Crippen molar-refractivity contribution in [3.8, 4) is 22.4 Å². The highest BCUT2D eigenvalue weighted by molar-refractivity contribution is 5.97. The van der Waals surface area contributed by atoms with Crippen molar-refractivity contribution in [2.75, 3.05) is 26.3 Å². The van der Waals surface area contributed by atoms with Crippen molar-refractivity contribution in [3.63, 3.8) is 0 Å². The third-order valence-corrected chi connectivity index (χ3v) is 5.37. The van der Waals surface area contributed by atoms with Gasteiger partial charge in [0.15, 0.2) is 17.3 Å². The average molecular weight is 420 g/mol. The third-order valence-electron chi connectivity index (χ3n) is 5.37. The molecule has 156 valence electrons. The Morgan fingerprint density at radius 2 is 1.84 bits per heavy atom. The molecule has 1 amide bonds. The highest BCUT2D eigenvalue weighted by Gasteiger charge is 2.20. The molecule has 1 saturated heterocycles. The fraction of sp³-hybridized carbons (Fsp3) is 0.174. The molecular formula is C23H18F2N4O2. The van der Waals surface area contributed by atoms with Gasteiger partial charge in [-0.1, -0.05) is 18.2 Å². The lowest BCUT2D eigenvalue weighted by atomic mass is 10.0. The molecular weight excluding hydrogens is 402 g/mol. The number of hydrogen-bond acceptors (Lipinski definition) is 4. The van der Waals surface area contributed by atoms with Crippen molar-refractivity contribution < 1.29 is 18.3 Å². The van der Waals surface area contributed by atoms with Gasteiger partial charge in [-0.2, -0.15) is 5.10 Å². The van der Waals surface area contributed by atoms with Gasteiger partial charge >= 0.3 is 0 Å². The molecule has 5 rings (SSSR count). The van der Waals surface area contributed by atoms with Crippen LogP contribution in [-0.2, 0) is 4.74 Å². The van der Waals surface area contributed by atoms with Crippen LogP contribution < -0.4 is 0 Å². The highest BCUT2D eigenvalue weighted by Crippen LogP contribution is 2.31. The molecule has 1 aliphatic rings. The minimum atomic E-state index is -0.948. The minimum absolute atomic E-state index is 0.0509. The Morgan fingerprint density at radius 3 is 2.68 bits per heavy atom. The number of H-pyrrole nitrogens is 1. The summed E-state index contributed by atoms with van der Waals surface area (Å²) in [5, 5.41) is 7.43. The van der Waals surface area contributed by atoms with Gasteiger partial charge in [-0.3, -0.25) is 9.89 Å². The number of ether oxygens (including phenoxy) is 1. The average Bonchev–Trinajstić information content (AvgIpc) is 3.24. The summed E-state index contributed by atoms with van der Waals surface area (Å²) < 4.78 is 33.4. The van der Waals surface area contributed by atoms with Crippen molar-refractivity contribution in [3.05, 3.63) is 71.9 Å². The maximum atomic E-state index is 14.3. The second-order valence-electron chi connectivity index (χ2n) is 7.28. The lowest BCUT2D eigenvalue weighted by molar-refractivity contribution is 0.0303. The maximum Gasteiger partial charge on any atom is 0.254 e. The van der Waals surface area contributed by atoms with E-state index in [0.29, 0.717) is 48.6 Å². The van der Waals surface area contributed by atoms with Crippen molar-refractivity contribution in [1.82, 2.24) is 20.1 Å². The third kappa shape index (κ3) is 3.55. The molecule has 0 saturated carbocycles. The smallest absolute Gasteiger partial charge is 0.254 e. The summed E-state index contributed by atoms with van der Waals surface area (Å²) >= 11 is 0. The van der Waals surface area contributed by atoms with Crippen molar-refractivity contribution in [1.29, 1.82) is 0 Å². The molecule has 6 nitrogen and oxygen atoms in total. The second-order valence-corrected chi connectivity index (χ2v) is 7.28. The highest BCUT2D eigenvalue weighted by atomic mass is 19.2. The number of carbonyl (C=O) groups excluding carboxylic acids is 1. The Bertz CT molecular complexity index is 1280. The predicted molar refractivity (Wildman–Crippen MR) is 111 cm³/mol. The van der Waals surface area contributed by atoms with Gasteiger partial charge in [-0.15, -0.1) is 0 Å². The van der Waals surface area contributed by atoms with Gasteiger partial charge in [0.1, 0.15) is 0 Å². The zero-order valence-corrected chi connectivity index (χ0v) is 16.4. The molecule has 0 bridgehead atoms. The number of aromatic nitrogens is 3. The zero-order valence-electron chi connectivity index (χ0n) is 16.4. The summed E-state index contributed by atoms with van der Waals surface area (Å²) in [7, 11) is 0. The molecule has 4 aromatic rings. The maximum absolute atomic E-state index is 14.3. The Morgan fingerprint density at radius 1 is 1.03 bits per heavy atom. The number of rotatable bonds is 3. The quantitative estimate of drug-likeness (QED) is 0.543. The summed E-state index contributed by atoms with van der Waals surface area (Å²) in [5.41, 5.74) is 2.93. The van der Waals surface area contributed by atoms with E-state index < -0.39 is 11.6 Å². The van der Waals surface area contributed by atoms with E-state index in [0.717, 1.165) is 17.2 Å². The van der Waals surface area contributed by atoms with Crippen LogP contribution >= 0.6 is 0 Å². The van der Waals surface area contributed by atoms with Crippen LogP contribution in [0, 0.1) is 11.6 Å². The number of amides is 1. The van der Waals surface area contributed by atoms with Gasteiger partial charge in [-0.25, -0.2) is 13.8 Å². The molecule has 8 heteroatoms. The fourth-order valence-corrected chi connectivity index (χ4v) is 3.74. The number of hydrogen-bond donors (Lipinski definition) is 1. The molecule has 1 N–H and O–H groups in total. The van der Waals surface area contributed by atoms with Crippen LogP contribution in [0.2, 0.25) is 0 Å². The van der Waals surface area contributed by atoms with E-state index in [9.17, 15) is 13.6 Å². The number of nitrogens with one attached hydrogen (secondary N) is 1. The Labute approximate surface area is 176 Å². The van der Waals surface area contributed by atoms with Gasteiger partial charge in [0.05, 0.1) is 18.9 Å². The van der Waals surface area contributed by atoms with Gasteiger partial charge in [0.25, 0.3) is 5.91 Å². The molecule has 0 unspecified atom stereocenters. The molecule has 1 fully saturated rings. The zero-order chi connectivity index (χ0) is 21.4. The predicted octanol–water partition coefficient (Wildman–Crippen LogP) is 4.04. The van der Waals surface area contributed by atoms with E-state index in [-0.39, 0.29) is 11.5 Å². The van der Waals surface area contributed by atoms with Gasteiger partial charge in [-0.05, 0) is 35.9 Å². The summed E-state index contributed by atoms with van der Waals surface area (Å²) in [6.07, 6.45) is 1.65. The Kier molecular flexibility index (Phi) is 4.91. The number of carbonyl (C=O) groups is 1. The van der Waals surface area contributed by atoms with Gasteiger partial charge in [0.2, 0.25) is 0 Å². The first-order chi connectivity index (χ1) is 15.1. The molecule has 0 aliphatic carbocycles. The largest absolute Gasteiger partial charge is 0.378 e. The Hall–Kier alpha value is -3.65. The first kappa shape index (κ1) is 19.3. The number of benzene rings is 2. The van der Waals surface area contributed by atoms with Gasteiger partial charge < -0.3 is 9.64 Å². The van der Waals surface area contributed by atoms with E-state index in [1.807, 2.05) is 24.3 Å². The molecule has 0 spiro atoms. The fourth-order valence-electron chi connectivity index (χ4n) is 3.74. The minimum Gasteiger partial charge on any atom is -0.378 e. The number of fused-ring (bicyclic) bond motifs is 1. The van der Waals surface area contributed by atoms with Crippen LogP contribution in [-0.4, -0.2) is 52.3 Å². The molecule has 31 heavy (non-hydrogen) atoms. The normalized spacial score (nSPS) is 14.2. The van der Waals surface area contributed by atoms with E-state index in [1.165, 1.54) is 12.1 Å². The Balaban J connectivity index is 1.54. The molecule has 0 atom stereocenters. The van der Waals surface area contributed by atoms with Crippen LogP contribution in [0.4, 0.5) is 8.78 Å². The lowest BCUT2D eigenvalue weighted by Gasteiger charge is -2.27. The first-order valence-electron chi connectivity index (χ1n) is 9.88. The van der Waals surface area contributed by atoms with E-state index >= 15 is 0 Å². The molecule has 1 aliphatic heterocycles. The van der Waals surface area contributed by atoms with E-state index in [4.69, 9.17) is 4.74 Å².